The lowest BCUT2D eigenvalue weighted by Crippen LogP contribution is -2.25. The third kappa shape index (κ3) is 5.06. The molecular formula is C17H17ClF3N3O3. The molecule has 2 heterocycles. The van der Waals surface area contributed by atoms with Gasteiger partial charge < -0.3 is 4.74 Å². The van der Waals surface area contributed by atoms with Crippen LogP contribution in [0.1, 0.15) is 49.4 Å². The van der Waals surface area contributed by atoms with Crippen molar-refractivity contribution < 1.29 is 27.5 Å². The molecule has 0 bridgehead atoms. The summed E-state index contributed by atoms with van der Waals surface area (Å²) in [5.41, 5.74) is -2.54. The molecule has 0 saturated carbocycles. The molecule has 146 valence electrons. The molecule has 0 aromatic carbocycles. The van der Waals surface area contributed by atoms with Gasteiger partial charge >= 0.3 is 12.1 Å². The fourth-order valence-electron chi connectivity index (χ4n) is 2.32. The van der Waals surface area contributed by atoms with E-state index in [1.165, 1.54) is 6.07 Å². The van der Waals surface area contributed by atoms with Crippen molar-refractivity contribution in [2.75, 3.05) is 0 Å². The molecule has 27 heavy (non-hydrogen) atoms. The Morgan fingerprint density at radius 2 is 1.85 bits per heavy atom. The van der Waals surface area contributed by atoms with E-state index in [0.717, 1.165) is 19.3 Å². The minimum absolute atomic E-state index is 0.119. The third-order valence-electron chi connectivity index (χ3n) is 3.28. The van der Waals surface area contributed by atoms with E-state index in [2.05, 4.69) is 10.1 Å². The lowest BCUT2D eigenvalue weighted by atomic mass is 10.1. The average molecular weight is 404 g/mol. The Balaban J connectivity index is 2.49. The summed E-state index contributed by atoms with van der Waals surface area (Å²) in [5, 5.41) is 3.54. The first-order chi connectivity index (χ1) is 12.3. The molecule has 0 spiro atoms. The highest BCUT2D eigenvalue weighted by molar-refractivity contribution is 6.32. The van der Waals surface area contributed by atoms with Crippen molar-refractivity contribution in [3.05, 3.63) is 40.4 Å². The maximum Gasteiger partial charge on any atom is 0.434 e. The zero-order valence-electron chi connectivity index (χ0n) is 15.0. The van der Waals surface area contributed by atoms with Crippen molar-refractivity contribution >= 4 is 23.4 Å². The molecule has 0 aliphatic rings. The van der Waals surface area contributed by atoms with Gasteiger partial charge in [0.15, 0.2) is 11.5 Å². The van der Waals surface area contributed by atoms with E-state index >= 15 is 0 Å². The van der Waals surface area contributed by atoms with Gasteiger partial charge in [-0.05, 0) is 33.8 Å². The second-order valence-electron chi connectivity index (χ2n) is 6.76. The number of pyridine rings is 1. The van der Waals surface area contributed by atoms with Crippen molar-refractivity contribution in [1.82, 2.24) is 14.8 Å². The van der Waals surface area contributed by atoms with Gasteiger partial charge in [0.25, 0.3) is 0 Å². The Kier molecular flexibility index (Phi) is 5.65. The summed E-state index contributed by atoms with van der Waals surface area (Å²) >= 11 is 5.99. The highest BCUT2D eigenvalue weighted by atomic mass is 35.5. The number of ether oxygens (including phenoxy) is 1. The minimum atomic E-state index is -4.84. The van der Waals surface area contributed by atoms with Crippen molar-refractivity contribution in [3.63, 3.8) is 0 Å². The van der Waals surface area contributed by atoms with E-state index in [1.807, 2.05) is 0 Å². The van der Waals surface area contributed by atoms with Gasteiger partial charge in [-0.2, -0.15) is 18.3 Å². The fraction of sp³-hybridized carbons (Fsp3) is 0.412. The summed E-state index contributed by atoms with van der Waals surface area (Å²) in [6.07, 6.45) is -3.15. The van der Waals surface area contributed by atoms with Crippen LogP contribution < -0.4 is 0 Å². The van der Waals surface area contributed by atoms with Crippen molar-refractivity contribution in [1.29, 1.82) is 0 Å². The molecule has 0 atom stereocenters. The van der Waals surface area contributed by atoms with Crippen LogP contribution in [-0.4, -0.2) is 32.1 Å². The lowest BCUT2D eigenvalue weighted by Gasteiger charge is -2.19. The molecule has 2 aromatic rings. The monoisotopic (exact) mass is 403 g/mol. The number of rotatable bonds is 4. The number of Topliss-reactive ketones (excluding diaryl/α,β-unsaturated/α-hetero) is 1. The maximum atomic E-state index is 13.5. The summed E-state index contributed by atoms with van der Waals surface area (Å²) in [7, 11) is 0. The van der Waals surface area contributed by atoms with E-state index in [1.54, 1.807) is 20.8 Å². The van der Waals surface area contributed by atoms with Gasteiger partial charge in [0.05, 0.1) is 34.6 Å². The van der Waals surface area contributed by atoms with Gasteiger partial charge in [0, 0.05) is 6.20 Å². The first-order valence-electron chi connectivity index (χ1n) is 7.82. The van der Waals surface area contributed by atoms with Crippen LogP contribution in [0.3, 0.4) is 0 Å². The molecule has 0 aliphatic carbocycles. The standard InChI is InChI=1S/C17H17ClF3N3O3/c1-9(25)11-7-23-24(15(11)17(19,20)21)13-5-10(22-8-12(13)18)6-14(26)27-16(2,3)4/h5,7-8H,6H2,1-4H3. The Bertz CT molecular complexity index is 886. The SMILES string of the molecule is CC(=O)c1cnn(-c2cc(CC(=O)OC(C)(C)C)ncc2Cl)c1C(F)(F)F. The molecule has 2 aromatic heterocycles. The summed E-state index contributed by atoms with van der Waals surface area (Å²) < 4.78 is 46.1. The molecule has 0 N–H and O–H groups in total. The maximum absolute atomic E-state index is 13.5. The number of nitrogens with zero attached hydrogens (tertiary/aromatic N) is 3. The number of alkyl halides is 3. The first-order valence-corrected chi connectivity index (χ1v) is 8.20. The van der Waals surface area contributed by atoms with Crippen LogP contribution in [0.2, 0.25) is 5.02 Å². The number of esters is 1. The van der Waals surface area contributed by atoms with Crippen LogP contribution >= 0.6 is 11.6 Å². The molecule has 0 fully saturated rings. The summed E-state index contributed by atoms with van der Waals surface area (Å²) in [6, 6.07) is 1.21. The van der Waals surface area contributed by atoms with Gasteiger partial charge in [-0.25, -0.2) is 4.68 Å². The van der Waals surface area contributed by atoms with Crippen molar-refractivity contribution in [2.45, 2.75) is 45.9 Å². The predicted octanol–water partition coefficient (Wildman–Crippen LogP) is 4.03. The number of halogens is 4. The minimum Gasteiger partial charge on any atom is -0.460 e. The van der Waals surface area contributed by atoms with Crippen LogP contribution in [0.25, 0.3) is 5.69 Å². The van der Waals surface area contributed by atoms with Gasteiger partial charge in [0.2, 0.25) is 0 Å². The third-order valence-corrected chi connectivity index (χ3v) is 3.57. The van der Waals surface area contributed by atoms with Gasteiger partial charge in [0.1, 0.15) is 5.60 Å². The fourth-order valence-corrected chi connectivity index (χ4v) is 2.50. The molecule has 10 heteroatoms. The zero-order chi connectivity index (χ0) is 20.6. The Labute approximate surface area is 158 Å². The topological polar surface area (TPSA) is 74.1 Å². The van der Waals surface area contributed by atoms with Gasteiger partial charge in [-0.3, -0.25) is 14.6 Å². The van der Waals surface area contributed by atoms with E-state index in [4.69, 9.17) is 16.3 Å². The second kappa shape index (κ2) is 7.30. The number of aromatic nitrogens is 3. The van der Waals surface area contributed by atoms with Crippen LogP contribution in [0, 0.1) is 0 Å². The Morgan fingerprint density at radius 1 is 1.22 bits per heavy atom. The smallest absolute Gasteiger partial charge is 0.434 e. The van der Waals surface area contributed by atoms with E-state index in [-0.39, 0.29) is 22.8 Å². The van der Waals surface area contributed by atoms with Crippen LogP contribution in [0.5, 0.6) is 0 Å². The Morgan fingerprint density at radius 3 is 2.37 bits per heavy atom. The molecule has 0 unspecified atom stereocenters. The van der Waals surface area contributed by atoms with Crippen LogP contribution in [-0.2, 0) is 22.1 Å². The molecule has 2 rings (SSSR count). The Hall–Kier alpha value is -2.42. The average Bonchev–Trinajstić information content (AvgIpc) is 2.92. The largest absolute Gasteiger partial charge is 0.460 e. The molecule has 6 nitrogen and oxygen atoms in total. The van der Waals surface area contributed by atoms with Gasteiger partial charge in [-0.1, -0.05) is 11.6 Å². The number of ketones is 1. The van der Waals surface area contributed by atoms with Crippen LogP contribution in [0.15, 0.2) is 18.5 Å². The zero-order valence-corrected chi connectivity index (χ0v) is 15.8. The normalized spacial score (nSPS) is 12.1. The predicted molar refractivity (Wildman–Crippen MR) is 90.9 cm³/mol. The number of hydrogen-bond acceptors (Lipinski definition) is 5. The molecule has 0 radical (unpaired) electrons. The van der Waals surface area contributed by atoms with Crippen molar-refractivity contribution in [3.8, 4) is 5.69 Å². The van der Waals surface area contributed by atoms with E-state index < -0.39 is 34.8 Å². The highest BCUT2D eigenvalue weighted by Crippen LogP contribution is 2.35. The number of carbonyl (C=O) groups is 2. The van der Waals surface area contributed by atoms with Crippen molar-refractivity contribution in [2.24, 2.45) is 0 Å². The van der Waals surface area contributed by atoms with Crippen LogP contribution in [0.4, 0.5) is 13.2 Å². The number of carbonyl (C=O) groups excluding carboxylic acids is 2. The molecule has 0 saturated heterocycles. The lowest BCUT2D eigenvalue weighted by molar-refractivity contribution is -0.154. The molecular weight excluding hydrogens is 387 g/mol. The number of hydrogen-bond donors (Lipinski definition) is 0. The molecule has 0 aliphatic heterocycles. The highest BCUT2D eigenvalue weighted by Gasteiger charge is 2.40. The van der Waals surface area contributed by atoms with E-state index in [9.17, 15) is 22.8 Å². The summed E-state index contributed by atoms with van der Waals surface area (Å²) in [6.45, 7) is 6.08. The van der Waals surface area contributed by atoms with E-state index in [0.29, 0.717) is 4.68 Å². The quantitative estimate of drug-likeness (QED) is 0.569. The first kappa shape index (κ1) is 20.9. The van der Waals surface area contributed by atoms with Gasteiger partial charge in [-0.15, -0.1) is 0 Å². The summed E-state index contributed by atoms with van der Waals surface area (Å²) in [4.78, 5) is 27.4. The molecule has 0 amide bonds. The second-order valence-corrected chi connectivity index (χ2v) is 7.17. The summed E-state index contributed by atoms with van der Waals surface area (Å²) in [5.74, 6) is -1.38.